The molecule has 0 bridgehead atoms. The van der Waals surface area contributed by atoms with Gasteiger partial charge in [-0.25, -0.2) is 0 Å². The highest BCUT2D eigenvalue weighted by Gasteiger charge is 2.19. The van der Waals surface area contributed by atoms with Crippen molar-refractivity contribution < 1.29 is 9.53 Å². The molecule has 122 valence electrons. The Bertz CT molecular complexity index is 528. The molecule has 1 saturated heterocycles. The molecular formula is C17H25ClN2O2. The Morgan fingerprint density at radius 3 is 2.73 bits per heavy atom. The Hall–Kier alpha value is -1.26. The van der Waals surface area contributed by atoms with E-state index in [2.05, 4.69) is 12.2 Å². The van der Waals surface area contributed by atoms with Gasteiger partial charge in [0.2, 0.25) is 5.91 Å². The first-order valence-electron chi connectivity index (χ1n) is 7.85. The highest BCUT2D eigenvalue weighted by Crippen LogP contribution is 2.34. The Labute approximate surface area is 137 Å². The van der Waals surface area contributed by atoms with Gasteiger partial charge >= 0.3 is 0 Å². The SMILES string of the molecule is COc1cc(C)c(Cl)cc1C(C)CCC(=O)N1CCNCC1. The Morgan fingerprint density at radius 2 is 2.09 bits per heavy atom. The molecule has 1 atom stereocenters. The van der Waals surface area contributed by atoms with Crippen LogP contribution in [0.15, 0.2) is 12.1 Å². The summed E-state index contributed by atoms with van der Waals surface area (Å²) in [7, 11) is 1.67. The molecule has 0 radical (unpaired) electrons. The topological polar surface area (TPSA) is 41.6 Å². The van der Waals surface area contributed by atoms with Crippen molar-refractivity contribution in [3.8, 4) is 5.75 Å². The zero-order valence-electron chi connectivity index (χ0n) is 13.6. The van der Waals surface area contributed by atoms with Crippen LogP contribution in [0.2, 0.25) is 5.02 Å². The Kier molecular flexibility index (Phi) is 6.09. The monoisotopic (exact) mass is 324 g/mol. The van der Waals surface area contributed by atoms with Crippen LogP contribution < -0.4 is 10.1 Å². The van der Waals surface area contributed by atoms with Crippen molar-refractivity contribution in [3.05, 3.63) is 28.3 Å². The maximum Gasteiger partial charge on any atom is 0.222 e. The number of aryl methyl sites for hydroxylation is 1. The molecular weight excluding hydrogens is 300 g/mol. The van der Waals surface area contributed by atoms with E-state index in [4.69, 9.17) is 16.3 Å². The van der Waals surface area contributed by atoms with E-state index in [1.807, 2.05) is 24.0 Å². The Balaban J connectivity index is 1.98. The molecule has 5 heteroatoms. The van der Waals surface area contributed by atoms with Gasteiger partial charge < -0.3 is 15.0 Å². The number of hydrogen-bond donors (Lipinski definition) is 1. The largest absolute Gasteiger partial charge is 0.496 e. The number of amides is 1. The van der Waals surface area contributed by atoms with E-state index in [0.29, 0.717) is 6.42 Å². The van der Waals surface area contributed by atoms with Crippen LogP contribution in [-0.4, -0.2) is 44.1 Å². The van der Waals surface area contributed by atoms with Crippen molar-refractivity contribution in [2.75, 3.05) is 33.3 Å². The maximum atomic E-state index is 12.3. The molecule has 1 aromatic rings. The number of hydrogen-bond acceptors (Lipinski definition) is 3. The van der Waals surface area contributed by atoms with Crippen LogP contribution in [0.4, 0.5) is 0 Å². The van der Waals surface area contributed by atoms with Gasteiger partial charge in [-0.15, -0.1) is 0 Å². The Morgan fingerprint density at radius 1 is 1.41 bits per heavy atom. The van der Waals surface area contributed by atoms with Gasteiger partial charge in [0.15, 0.2) is 0 Å². The van der Waals surface area contributed by atoms with Gasteiger partial charge in [0.1, 0.15) is 5.75 Å². The van der Waals surface area contributed by atoms with Crippen LogP contribution in [0.5, 0.6) is 5.75 Å². The minimum Gasteiger partial charge on any atom is -0.496 e. The maximum absolute atomic E-state index is 12.3. The highest BCUT2D eigenvalue weighted by molar-refractivity contribution is 6.31. The number of nitrogens with one attached hydrogen (secondary N) is 1. The van der Waals surface area contributed by atoms with Crippen LogP contribution in [0.3, 0.4) is 0 Å². The molecule has 1 aliphatic heterocycles. The van der Waals surface area contributed by atoms with Gasteiger partial charge in [-0.05, 0) is 42.5 Å². The molecule has 1 unspecified atom stereocenters. The number of methoxy groups -OCH3 is 1. The molecule has 22 heavy (non-hydrogen) atoms. The first kappa shape index (κ1) is 17.1. The number of carbonyl (C=O) groups is 1. The molecule has 1 N–H and O–H groups in total. The zero-order valence-corrected chi connectivity index (χ0v) is 14.4. The van der Waals surface area contributed by atoms with Crippen molar-refractivity contribution in [1.29, 1.82) is 0 Å². The molecule has 0 aromatic heterocycles. The summed E-state index contributed by atoms with van der Waals surface area (Å²) in [6, 6.07) is 3.93. The number of ether oxygens (including phenoxy) is 1. The number of benzene rings is 1. The smallest absolute Gasteiger partial charge is 0.222 e. The van der Waals surface area contributed by atoms with Crippen LogP contribution in [0.25, 0.3) is 0 Å². The van der Waals surface area contributed by atoms with Gasteiger partial charge in [0.05, 0.1) is 7.11 Å². The lowest BCUT2D eigenvalue weighted by molar-refractivity contribution is -0.131. The van der Waals surface area contributed by atoms with Crippen LogP contribution in [0, 0.1) is 6.92 Å². The summed E-state index contributed by atoms with van der Waals surface area (Å²) in [4.78, 5) is 14.2. The van der Waals surface area contributed by atoms with Crippen LogP contribution in [-0.2, 0) is 4.79 Å². The third kappa shape index (κ3) is 4.14. The second-order valence-electron chi connectivity index (χ2n) is 5.91. The number of rotatable bonds is 5. The third-order valence-corrected chi connectivity index (χ3v) is 4.71. The first-order valence-corrected chi connectivity index (χ1v) is 8.23. The lowest BCUT2D eigenvalue weighted by atomic mass is 9.94. The van der Waals surface area contributed by atoms with Gasteiger partial charge in [-0.1, -0.05) is 18.5 Å². The van der Waals surface area contributed by atoms with Gasteiger partial charge in [-0.2, -0.15) is 0 Å². The molecule has 0 saturated carbocycles. The molecule has 1 heterocycles. The molecule has 0 aliphatic carbocycles. The van der Waals surface area contributed by atoms with Crippen molar-refractivity contribution in [2.45, 2.75) is 32.6 Å². The summed E-state index contributed by atoms with van der Waals surface area (Å²) in [5, 5.41) is 4.01. The van der Waals surface area contributed by atoms with E-state index in [1.54, 1.807) is 7.11 Å². The van der Waals surface area contributed by atoms with Gasteiger partial charge in [0.25, 0.3) is 0 Å². The number of nitrogens with zero attached hydrogens (tertiary/aromatic N) is 1. The van der Waals surface area contributed by atoms with E-state index < -0.39 is 0 Å². The summed E-state index contributed by atoms with van der Waals surface area (Å²) in [5.41, 5.74) is 2.08. The van der Waals surface area contributed by atoms with Crippen molar-refractivity contribution in [2.24, 2.45) is 0 Å². The zero-order chi connectivity index (χ0) is 16.1. The average Bonchev–Trinajstić information content (AvgIpc) is 2.55. The van der Waals surface area contributed by atoms with Gasteiger partial charge in [-0.3, -0.25) is 4.79 Å². The van der Waals surface area contributed by atoms with E-state index in [0.717, 1.165) is 54.5 Å². The van der Waals surface area contributed by atoms with Crippen LogP contribution >= 0.6 is 11.6 Å². The number of carbonyl (C=O) groups excluding carboxylic acids is 1. The fraction of sp³-hybridized carbons (Fsp3) is 0.588. The van der Waals surface area contributed by atoms with Crippen molar-refractivity contribution >= 4 is 17.5 Å². The summed E-state index contributed by atoms with van der Waals surface area (Å²) >= 11 is 6.23. The molecule has 1 fully saturated rings. The normalized spacial score (nSPS) is 16.5. The summed E-state index contributed by atoms with van der Waals surface area (Å²) in [6.07, 6.45) is 1.37. The standard InChI is InChI=1S/C17H25ClN2O2/c1-12(4-5-17(21)20-8-6-19-7-9-20)14-11-15(18)13(2)10-16(14)22-3/h10-12,19H,4-9H2,1-3H3. The minimum absolute atomic E-state index is 0.236. The molecule has 4 nitrogen and oxygen atoms in total. The molecule has 1 amide bonds. The summed E-state index contributed by atoms with van der Waals surface area (Å²) in [5.74, 6) is 1.33. The predicted molar refractivity (Wildman–Crippen MR) is 89.8 cm³/mol. The van der Waals surface area contributed by atoms with Crippen molar-refractivity contribution in [3.63, 3.8) is 0 Å². The first-order chi connectivity index (χ1) is 10.5. The van der Waals surface area contributed by atoms with Crippen LogP contribution in [0.1, 0.15) is 36.8 Å². The molecule has 1 aromatic carbocycles. The molecule has 1 aliphatic rings. The third-order valence-electron chi connectivity index (χ3n) is 4.30. The fourth-order valence-corrected chi connectivity index (χ4v) is 2.97. The predicted octanol–water partition coefficient (Wildman–Crippen LogP) is 2.97. The number of halogens is 1. The quantitative estimate of drug-likeness (QED) is 0.905. The summed E-state index contributed by atoms with van der Waals surface area (Å²) in [6.45, 7) is 7.49. The van der Waals surface area contributed by atoms with Gasteiger partial charge in [0, 0.05) is 37.6 Å². The average molecular weight is 325 g/mol. The van der Waals surface area contributed by atoms with Crippen molar-refractivity contribution in [1.82, 2.24) is 10.2 Å². The summed E-state index contributed by atoms with van der Waals surface area (Å²) < 4.78 is 5.46. The van der Waals surface area contributed by atoms with E-state index >= 15 is 0 Å². The van der Waals surface area contributed by atoms with E-state index in [9.17, 15) is 4.79 Å². The van der Waals surface area contributed by atoms with E-state index in [-0.39, 0.29) is 11.8 Å². The lowest BCUT2D eigenvalue weighted by Gasteiger charge is -2.28. The highest BCUT2D eigenvalue weighted by atomic mass is 35.5. The lowest BCUT2D eigenvalue weighted by Crippen LogP contribution is -2.46. The minimum atomic E-state index is 0.236. The molecule has 2 rings (SSSR count). The second-order valence-corrected chi connectivity index (χ2v) is 6.32. The second kappa shape index (κ2) is 7.84. The van der Waals surface area contributed by atoms with E-state index in [1.165, 1.54) is 0 Å². The number of piperazine rings is 1. The molecule has 0 spiro atoms. The fourth-order valence-electron chi connectivity index (χ4n) is 2.80.